The van der Waals surface area contributed by atoms with Gasteiger partial charge >= 0.3 is 5.69 Å². The standard InChI is InChI=1S/C21H20N4O2/c1-15-8-10-17(11-9-15)13-25-20(26)18-19(23(2)21(25)27)22-14-24(18)12-16-6-4-3-5-7-16/h3-11,14H,12-13H2,1-2H3. The maximum atomic E-state index is 13.1. The summed E-state index contributed by atoms with van der Waals surface area (Å²) in [6, 6.07) is 17.7. The molecule has 2 heterocycles. The van der Waals surface area contributed by atoms with Gasteiger partial charge in [0.15, 0.2) is 11.2 Å². The monoisotopic (exact) mass is 360 g/mol. The van der Waals surface area contributed by atoms with E-state index in [4.69, 9.17) is 0 Å². The fourth-order valence-electron chi connectivity index (χ4n) is 3.24. The number of hydrogen-bond acceptors (Lipinski definition) is 3. The summed E-state index contributed by atoms with van der Waals surface area (Å²) in [5, 5.41) is 0. The number of aryl methyl sites for hydroxylation is 2. The smallest absolute Gasteiger partial charge is 0.320 e. The Hall–Kier alpha value is -3.41. The molecule has 0 aliphatic rings. The predicted octanol–water partition coefficient (Wildman–Crippen LogP) is 2.30. The minimum Gasteiger partial charge on any atom is -0.320 e. The second-order valence-corrected chi connectivity index (χ2v) is 6.75. The van der Waals surface area contributed by atoms with Gasteiger partial charge in [-0.2, -0.15) is 0 Å². The molecule has 0 atom stereocenters. The van der Waals surface area contributed by atoms with E-state index < -0.39 is 0 Å². The molecule has 4 rings (SSSR count). The van der Waals surface area contributed by atoms with E-state index in [0.29, 0.717) is 17.7 Å². The third-order valence-electron chi connectivity index (χ3n) is 4.76. The van der Waals surface area contributed by atoms with Gasteiger partial charge in [0.2, 0.25) is 0 Å². The average molecular weight is 360 g/mol. The van der Waals surface area contributed by atoms with Crippen molar-refractivity contribution in [1.82, 2.24) is 18.7 Å². The van der Waals surface area contributed by atoms with Crippen molar-refractivity contribution in [1.29, 1.82) is 0 Å². The molecule has 0 amide bonds. The van der Waals surface area contributed by atoms with Crippen LogP contribution in [0.15, 0.2) is 70.5 Å². The van der Waals surface area contributed by atoms with Gasteiger partial charge in [-0.3, -0.25) is 13.9 Å². The molecule has 0 N–H and O–H groups in total. The zero-order valence-electron chi connectivity index (χ0n) is 15.3. The Morgan fingerprint density at radius 3 is 2.26 bits per heavy atom. The first-order valence-electron chi connectivity index (χ1n) is 8.79. The summed E-state index contributed by atoms with van der Waals surface area (Å²) in [7, 11) is 1.65. The first-order valence-corrected chi connectivity index (χ1v) is 8.79. The highest BCUT2D eigenvalue weighted by molar-refractivity contribution is 5.70. The van der Waals surface area contributed by atoms with E-state index in [1.54, 1.807) is 17.9 Å². The number of hydrogen-bond donors (Lipinski definition) is 0. The molecule has 2 aromatic carbocycles. The molecular formula is C21H20N4O2. The van der Waals surface area contributed by atoms with Crippen LogP contribution in [0.3, 0.4) is 0 Å². The molecule has 6 nitrogen and oxygen atoms in total. The van der Waals surface area contributed by atoms with E-state index in [-0.39, 0.29) is 17.8 Å². The second kappa shape index (κ2) is 6.72. The summed E-state index contributed by atoms with van der Waals surface area (Å²) in [6.07, 6.45) is 1.62. The lowest BCUT2D eigenvalue weighted by atomic mass is 10.1. The molecule has 0 saturated carbocycles. The van der Waals surface area contributed by atoms with E-state index in [2.05, 4.69) is 4.98 Å². The lowest BCUT2D eigenvalue weighted by Gasteiger charge is -2.10. The van der Waals surface area contributed by atoms with Crippen molar-refractivity contribution in [3.05, 3.63) is 98.5 Å². The Bertz CT molecular complexity index is 1220. The quantitative estimate of drug-likeness (QED) is 0.561. The van der Waals surface area contributed by atoms with Gasteiger partial charge in [0.25, 0.3) is 5.56 Å². The average Bonchev–Trinajstić information content (AvgIpc) is 3.09. The van der Waals surface area contributed by atoms with Gasteiger partial charge in [-0.15, -0.1) is 0 Å². The van der Waals surface area contributed by atoms with Gasteiger partial charge in [0.1, 0.15) is 0 Å². The molecule has 0 spiro atoms. The summed E-state index contributed by atoms with van der Waals surface area (Å²) in [5.41, 5.74) is 3.27. The third-order valence-corrected chi connectivity index (χ3v) is 4.76. The number of rotatable bonds is 4. The fraction of sp³-hybridized carbons (Fsp3) is 0.190. The molecule has 0 saturated heterocycles. The number of aromatic nitrogens is 4. The molecule has 0 radical (unpaired) electrons. The maximum Gasteiger partial charge on any atom is 0.332 e. The van der Waals surface area contributed by atoms with Crippen LogP contribution in [0.4, 0.5) is 0 Å². The summed E-state index contributed by atoms with van der Waals surface area (Å²) in [6.45, 7) is 2.76. The van der Waals surface area contributed by atoms with Gasteiger partial charge in [0, 0.05) is 13.6 Å². The molecule has 6 heteroatoms. The topological polar surface area (TPSA) is 61.8 Å². The minimum absolute atomic E-state index is 0.234. The Morgan fingerprint density at radius 2 is 1.56 bits per heavy atom. The van der Waals surface area contributed by atoms with Crippen LogP contribution in [-0.4, -0.2) is 18.7 Å². The first-order chi connectivity index (χ1) is 13.0. The Balaban J connectivity index is 1.85. The van der Waals surface area contributed by atoms with Gasteiger partial charge in [-0.25, -0.2) is 9.78 Å². The molecule has 4 aromatic rings. The highest BCUT2D eigenvalue weighted by Crippen LogP contribution is 2.10. The van der Waals surface area contributed by atoms with E-state index in [0.717, 1.165) is 16.7 Å². The van der Waals surface area contributed by atoms with E-state index in [9.17, 15) is 9.59 Å². The van der Waals surface area contributed by atoms with Crippen molar-refractivity contribution in [3.63, 3.8) is 0 Å². The molecule has 2 aromatic heterocycles. The van der Waals surface area contributed by atoms with Crippen molar-refractivity contribution < 1.29 is 0 Å². The predicted molar refractivity (Wildman–Crippen MR) is 105 cm³/mol. The van der Waals surface area contributed by atoms with Crippen LogP contribution in [0, 0.1) is 6.92 Å². The van der Waals surface area contributed by atoms with Gasteiger partial charge < -0.3 is 4.57 Å². The van der Waals surface area contributed by atoms with Crippen LogP contribution in [0.25, 0.3) is 11.2 Å². The van der Waals surface area contributed by atoms with Crippen LogP contribution >= 0.6 is 0 Å². The van der Waals surface area contributed by atoms with Crippen molar-refractivity contribution in [2.45, 2.75) is 20.0 Å². The lowest BCUT2D eigenvalue weighted by molar-refractivity contribution is 0.653. The van der Waals surface area contributed by atoms with E-state index >= 15 is 0 Å². The van der Waals surface area contributed by atoms with Crippen LogP contribution in [0.1, 0.15) is 16.7 Å². The highest BCUT2D eigenvalue weighted by Gasteiger charge is 2.16. The zero-order chi connectivity index (χ0) is 19.0. The largest absolute Gasteiger partial charge is 0.332 e. The van der Waals surface area contributed by atoms with Crippen molar-refractivity contribution in [3.8, 4) is 0 Å². The molecule has 0 bridgehead atoms. The molecule has 0 fully saturated rings. The zero-order valence-corrected chi connectivity index (χ0v) is 15.3. The second-order valence-electron chi connectivity index (χ2n) is 6.75. The van der Waals surface area contributed by atoms with Crippen LogP contribution in [-0.2, 0) is 20.1 Å². The highest BCUT2D eigenvalue weighted by atomic mass is 16.2. The van der Waals surface area contributed by atoms with E-state index in [1.807, 2.05) is 61.5 Å². The van der Waals surface area contributed by atoms with Gasteiger partial charge in [-0.05, 0) is 18.1 Å². The maximum absolute atomic E-state index is 13.1. The number of fused-ring (bicyclic) bond motifs is 1. The fourth-order valence-corrected chi connectivity index (χ4v) is 3.24. The summed E-state index contributed by atoms with van der Waals surface area (Å²) < 4.78 is 4.51. The molecule has 0 aliphatic carbocycles. The van der Waals surface area contributed by atoms with Crippen LogP contribution in [0.2, 0.25) is 0 Å². The Labute approximate surface area is 156 Å². The molecule has 136 valence electrons. The van der Waals surface area contributed by atoms with Crippen molar-refractivity contribution in [2.24, 2.45) is 7.05 Å². The van der Waals surface area contributed by atoms with E-state index in [1.165, 1.54) is 9.13 Å². The van der Waals surface area contributed by atoms with Crippen LogP contribution < -0.4 is 11.2 Å². The lowest BCUT2D eigenvalue weighted by Crippen LogP contribution is -2.40. The van der Waals surface area contributed by atoms with Crippen molar-refractivity contribution in [2.75, 3.05) is 0 Å². The molecule has 0 aliphatic heterocycles. The van der Waals surface area contributed by atoms with Crippen molar-refractivity contribution >= 4 is 11.2 Å². The molecule has 27 heavy (non-hydrogen) atoms. The minimum atomic E-state index is -0.363. The number of imidazole rings is 1. The SMILES string of the molecule is Cc1ccc(Cn2c(=O)c3c(ncn3Cc3ccccc3)n(C)c2=O)cc1. The normalized spacial score (nSPS) is 11.2. The molecular weight excluding hydrogens is 340 g/mol. The van der Waals surface area contributed by atoms with Crippen LogP contribution in [0.5, 0.6) is 0 Å². The molecule has 0 unspecified atom stereocenters. The number of benzene rings is 2. The Morgan fingerprint density at radius 1 is 0.889 bits per heavy atom. The first kappa shape index (κ1) is 17.0. The summed E-state index contributed by atoms with van der Waals surface area (Å²) >= 11 is 0. The summed E-state index contributed by atoms with van der Waals surface area (Å²) in [5.74, 6) is 0. The van der Waals surface area contributed by atoms with Gasteiger partial charge in [0.05, 0.1) is 12.9 Å². The third kappa shape index (κ3) is 3.10. The Kier molecular flexibility index (Phi) is 4.24. The van der Waals surface area contributed by atoms with Gasteiger partial charge in [-0.1, -0.05) is 60.2 Å². The summed E-state index contributed by atoms with van der Waals surface area (Å²) in [4.78, 5) is 30.2. The number of nitrogens with zero attached hydrogens (tertiary/aromatic N) is 4.